The van der Waals surface area contributed by atoms with Crippen molar-refractivity contribution in [2.45, 2.75) is 26.8 Å². The van der Waals surface area contributed by atoms with Gasteiger partial charge in [0.05, 0.1) is 0 Å². The van der Waals surface area contributed by atoms with Gasteiger partial charge in [-0.1, -0.05) is 50.8 Å². The van der Waals surface area contributed by atoms with Gasteiger partial charge in [0.1, 0.15) is 0 Å². The van der Waals surface area contributed by atoms with E-state index in [1.807, 2.05) is 6.08 Å². The largest absolute Gasteiger partial charge is 0.313 e. The minimum Gasteiger partial charge on any atom is -0.313 e. The second-order valence-corrected chi connectivity index (χ2v) is 4.26. The molecule has 1 nitrogen and oxygen atoms in total. The van der Waals surface area contributed by atoms with Gasteiger partial charge in [0.15, 0.2) is 0 Å². The Labute approximate surface area is 93.2 Å². The lowest BCUT2D eigenvalue weighted by atomic mass is 10.1. The standard InChI is InChI=1S/C14H21N/c1-4-13-7-5-6-8-14(13)11-15-10-9-12(2)3/h4-8,12,15H,1,9-11H2,2-3H3. The van der Waals surface area contributed by atoms with Crippen LogP contribution in [0.5, 0.6) is 0 Å². The van der Waals surface area contributed by atoms with Crippen LogP contribution in [0, 0.1) is 5.92 Å². The Balaban J connectivity index is 2.40. The molecule has 0 aliphatic carbocycles. The maximum absolute atomic E-state index is 3.82. The Kier molecular flexibility index (Phi) is 5.13. The van der Waals surface area contributed by atoms with E-state index in [0.717, 1.165) is 19.0 Å². The molecule has 15 heavy (non-hydrogen) atoms. The molecule has 0 saturated heterocycles. The molecular formula is C14H21N. The van der Waals surface area contributed by atoms with Crippen molar-refractivity contribution >= 4 is 6.08 Å². The normalized spacial score (nSPS) is 10.6. The number of rotatable bonds is 6. The van der Waals surface area contributed by atoms with Gasteiger partial charge in [0, 0.05) is 6.54 Å². The third kappa shape index (κ3) is 4.30. The lowest BCUT2D eigenvalue weighted by Crippen LogP contribution is -2.16. The highest BCUT2D eigenvalue weighted by Gasteiger charge is 1.98. The topological polar surface area (TPSA) is 12.0 Å². The van der Waals surface area contributed by atoms with Gasteiger partial charge < -0.3 is 5.32 Å². The average molecular weight is 203 g/mol. The summed E-state index contributed by atoms with van der Waals surface area (Å²) in [6, 6.07) is 8.38. The summed E-state index contributed by atoms with van der Waals surface area (Å²) in [7, 11) is 0. The molecule has 1 rings (SSSR count). The molecule has 0 heterocycles. The van der Waals surface area contributed by atoms with E-state index in [9.17, 15) is 0 Å². The zero-order valence-corrected chi connectivity index (χ0v) is 9.79. The van der Waals surface area contributed by atoms with Gasteiger partial charge in [-0.25, -0.2) is 0 Å². The summed E-state index contributed by atoms with van der Waals surface area (Å²) in [6.45, 7) is 10.3. The van der Waals surface area contributed by atoms with Crippen LogP contribution >= 0.6 is 0 Å². The van der Waals surface area contributed by atoms with E-state index in [0.29, 0.717) is 0 Å². The summed E-state index contributed by atoms with van der Waals surface area (Å²) in [5, 5.41) is 3.46. The van der Waals surface area contributed by atoms with Crippen molar-refractivity contribution in [3.8, 4) is 0 Å². The second-order valence-electron chi connectivity index (χ2n) is 4.26. The lowest BCUT2D eigenvalue weighted by molar-refractivity contribution is 0.537. The van der Waals surface area contributed by atoms with E-state index in [1.54, 1.807) is 0 Å². The summed E-state index contributed by atoms with van der Waals surface area (Å²) in [6.07, 6.45) is 3.15. The van der Waals surface area contributed by atoms with Crippen molar-refractivity contribution in [2.24, 2.45) is 5.92 Å². The van der Waals surface area contributed by atoms with Crippen LogP contribution in [0.4, 0.5) is 0 Å². The first kappa shape index (κ1) is 12.0. The molecule has 0 saturated carbocycles. The maximum Gasteiger partial charge on any atom is 0.0211 e. The van der Waals surface area contributed by atoms with Crippen LogP contribution < -0.4 is 5.32 Å². The van der Waals surface area contributed by atoms with E-state index in [4.69, 9.17) is 0 Å². The fraction of sp³-hybridized carbons (Fsp3) is 0.429. The first-order valence-corrected chi connectivity index (χ1v) is 5.65. The van der Waals surface area contributed by atoms with E-state index in [1.165, 1.54) is 17.5 Å². The van der Waals surface area contributed by atoms with Crippen LogP contribution in [0.2, 0.25) is 0 Å². The molecule has 1 heteroatoms. The molecule has 0 amide bonds. The first-order valence-electron chi connectivity index (χ1n) is 5.65. The van der Waals surface area contributed by atoms with Crippen LogP contribution in [-0.2, 0) is 6.54 Å². The molecule has 0 radical (unpaired) electrons. The zero-order chi connectivity index (χ0) is 11.1. The third-order valence-corrected chi connectivity index (χ3v) is 2.49. The summed E-state index contributed by atoms with van der Waals surface area (Å²) < 4.78 is 0. The SMILES string of the molecule is C=Cc1ccccc1CNCCC(C)C. The molecule has 0 unspecified atom stereocenters. The Morgan fingerprint density at radius 3 is 2.73 bits per heavy atom. The summed E-state index contributed by atoms with van der Waals surface area (Å²) >= 11 is 0. The molecule has 1 aromatic rings. The minimum absolute atomic E-state index is 0.771. The first-order chi connectivity index (χ1) is 7.24. The van der Waals surface area contributed by atoms with Crippen LogP contribution in [0.1, 0.15) is 31.4 Å². The summed E-state index contributed by atoms with van der Waals surface area (Å²) in [5.41, 5.74) is 2.56. The number of nitrogens with one attached hydrogen (secondary N) is 1. The van der Waals surface area contributed by atoms with Crippen molar-refractivity contribution < 1.29 is 0 Å². The molecule has 0 aliphatic heterocycles. The van der Waals surface area contributed by atoms with Crippen molar-refractivity contribution in [1.82, 2.24) is 5.32 Å². The minimum atomic E-state index is 0.771. The molecule has 0 aromatic heterocycles. The number of hydrogen-bond donors (Lipinski definition) is 1. The van der Waals surface area contributed by atoms with Crippen molar-refractivity contribution in [1.29, 1.82) is 0 Å². The van der Waals surface area contributed by atoms with Crippen molar-refractivity contribution in [3.05, 3.63) is 42.0 Å². The maximum atomic E-state index is 3.82. The highest BCUT2D eigenvalue weighted by molar-refractivity contribution is 5.51. The lowest BCUT2D eigenvalue weighted by Gasteiger charge is -2.09. The van der Waals surface area contributed by atoms with E-state index < -0.39 is 0 Å². The Bertz CT molecular complexity index is 302. The molecule has 82 valence electrons. The summed E-state index contributed by atoms with van der Waals surface area (Å²) in [4.78, 5) is 0. The third-order valence-electron chi connectivity index (χ3n) is 2.49. The Morgan fingerprint density at radius 2 is 2.07 bits per heavy atom. The highest BCUT2D eigenvalue weighted by atomic mass is 14.8. The van der Waals surface area contributed by atoms with E-state index in [-0.39, 0.29) is 0 Å². The van der Waals surface area contributed by atoms with Crippen LogP contribution in [-0.4, -0.2) is 6.54 Å². The molecular weight excluding hydrogens is 182 g/mol. The van der Waals surface area contributed by atoms with Gasteiger partial charge in [-0.2, -0.15) is 0 Å². The van der Waals surface area contributed by atoms with Crippen molar-refractivity contribution in [2.75, 3.05) is 6.54 Å². The summed E-state index contributed by atoms with van der Waals surface area (Å²) in [5.74, 6) is 0.771. The highest BCUT2D eigenvalue weighted by Crippen LogP contribution is 2.09. The smallest absolute Gasteiger partial charge is 0.0211 e. The van der Waals surface area contributed by atoms with Crippen LogP contribution in [0.15, 0.2) is 30.8 Å². The van der Waals surface area contributed by atoms with Gasteiger partial charge in [-0.15, -0.1) is 0 Å². The number of benzene rings is 1. The fourth-order valence-electron chi connectivity index (χ4n) is 1.51. The van der Waals surface area contributed by atoms with Gasteiger partial charge in [-0.3, -0.25) is 0 Å². The molecule has 1 N–H and O–H groups in total. The molecule has 0 atom stereocenters. The molecule has 0 bridgehead atoms. The van der Waals surface area contributed by atoms with Crippen LogP contribution in [0.3, 0.4) is 0 Å². The van der Waals surface area contributed by atoms with E-state index >= 15 is 0 Å². The van der Waals surface area contributed by atoms with E-state index in [2.05, 4.69) is 50.0 Å². The van der Waals surface area contributed by atoms with Gasteiger partial charge in [0.2, 0.25) is 0 Å². The van der Waals surface area contributed by atoms with Gasteiger partial charge in [0.25, 0.3) is 0 Å². The van der Waals surface area contributed by atoms with Crippen LogP contribution in [0.25, 0.3) is 6.08 Å². The number of hydrogen-bond acceptors (Lipinski definition) is 1. The Morgan fingerprint density at radius 1 is 1.33 bits per heavy atom. The molecule has 0 aliphatic rings. The monoisotopic (exact) mass is 203 g/mol. The van der Waals surface area contributed by atoms with Gasteiger partial charge >= 0.3 is 0 Å². The predicted octanol–water partition coefficient (Wildman–Crippen LogP) is 3.47. The van der Waals surface area contributed by atoms with Crippen molar-refractivity contribution in [3.63, 3.8) is 0 Å². The molecule has 1 aromatic carbocycles. The average Bonchev–Trinajstić information content (AvgIpc) is 2.24. The predicted molar refractivity (Wildman–Crippen MR) is 67.7 cm³/mol. The zero-order valence-electron chi connectivity index (χ0n) is 9.79. The molecule has 0 spiro atoms. The van der Waals surface area contributed by atoms with Gasteiger partial charge in [-0.05, 0) is 30.0 Å². The Hall–Kier alpha value is -1.08. The molecule has 0 fully saturated rings. The fourth-order valence-corrected chi connectivity index (χ4v) is 1.51. The second kappa shape index (κ2) is 6.41. The quantitative estimate of drug-likeness (QED) is 0.698.